The van der Waals surface area contributed by atoms with Crippen LogP contribution in [0, 0.1) is 0 Å². The summed E-state index contributed by atoms with van der Waals surface area (Å²) in [5, 5.41) is 4.84. The lowest BCUT2D eigenvalue weighted by Crippen LogP contribution is -2.15. The Morgan fingerprint density at radius 3 is 2.43 bits per heavy atom. The van der Waals surface area contributed by atoms with Crippen LogP contribution in [-0.2, 0) is 4.74 Å². The fraction of sp³-hybridized carbons (Fsp3) is 0.138. The van der Waals surface area contributed by atoms with Gasteiger partial charge in [0.05, 0.1) is 37.6 Å². The predicted octanol–water partition coefficient (Wildman–Crippen LogP) is 6.56. The highest BCUT2D eigenvalue weighted by Crippen LogP contribution is 2.38. The minimum absolute atomic E-state index is 0.235. The number of benzene rings is 3. The largest absolute Gasteiger partial charge is 0.497 e. The molecule has 5 aromatic rings. The number of hydrogen-bond acceptors (Lipinski definition) is 7. The van der Waals surface area contributed by atoms with Gasteiger partial charge in [0, 0.05) is 27.1 Å². The van der Waals surface area contributed by atoms with Crippen LogP contribution in [0.5, 0.6) is 11.5 Å². The van der Waals surface area contributed by atoms with Gasteiger partial charge in [-0.15, -0.1) is 11.3 Å². The van der Waals surface area contributed by atoms with Crippen molar-refractivity contribution < 1.29 is 23.8 Å². The van der Waals surface area contributed by atoms with Crippen molar-refractivity contribution in [2.45, 2.75) is 6.92 Å². The van der Waals surface area contributed by atoms with Crippen molar-refractivity contribution in [3.8, 4) is 22.8 Å². The number of aromatic nitrogens is 1. The number of hydrogen-bond donors (Lipinski definition) is 1. The molecule has 2 aromatic heterocycles. The van der Waals surface area contributed by atoms with E-state index in [4.69, 9.17) is 19.2 Å². The van der Waals surface area contributed by atoms with Crippen LogP contribution in [-0.4, -0.2) is 37.7 Å². The molecule has 5 rings (SSSR count). The fourth-order valence-electron chi connectivity index (χ4n) is 4.22. The third-order valence-corrected chi connectivity index (χ3v) is 7.03. The molecule has 8 heteroatoms. The van der Waals surface area contributed by atoms with Crippen molar-refractivity contribution in [3.05, 3.63) is 83.9 Å². The first-order valence-corrected chi connectivity index (χ1v) is 12.5. The summed E-state index contributed by atoms with van der Waals surface area (Å²) in [5.74, 6) is 0.390. The van der Waals surface area contributed by atoms with Gasteiger partial charge in [-0.05, 0) is 37.3 Å². The molecule has 2 heterocycles. The van der Waals surface area contributed by atoms with Gasteiger partial charge < -0.3 is 19.5 Å². The molecule has 0 aliphatic rings. The predicted molar refractivity (Wildman–Crippen MR) is 146 cm³/mol. The summed E-state index contributed by atoms with van der Waals surface area (Å²) < 4.78 is 17.1. The SMILES string of the molecule is CCOC(=O)c1c(NC(=O)c2cc(-c3ccc(OC)cc3OC)nc3ccccc23)sc2ccccc12. The number of ether oxygens (including phenoxy) is 3. The van der Waals surface area contributed by atoms with Crippen LogP contribution in [0.1, 0.15) is 27.6 Å². The van der Waals surface area contributed by atoms with Gasteiger partial charge in [-0.3, -0.25) is 4.79 Å². The first-order valence-electron chi connectivity index (χ1n) is 11.7. The maximum absolute atomic E-state index is 13.7. The second kappa shape index (κ2) is 10.3. The first-order chi connectivity index (χ1) is 18.0. The van der Waals surface area contributed by atoms with E-state index in [9.17, 15) is 9.59 Å². The lowest BCUT2D eigenvalue weighted by molar-refractivity contribution is 0.0530. The highest BCUT2D eigenvalue weighted by molar-refractivity contribution is 7.23. The molecule has 0 saturated carbocycles. The summed E-state index contributed by atoms with van der Waals surface area (Å²) in [6.07, 6.45) is 0. The topological polar surface area (TPSA) is 86.8 Å². The molecule has 0 unspecified atom stereocenters. The average molecular weight is 513 g/mol. The Hall–Kier alpha value is -4.43. The van der Waals surface area contributed by atoms with E-state index < -0.39 is 5.97 Å². The number of esters is 1. The number of amides is 1. The van der Waals surface area contributed by atoms with E-state index in [-0.39, 0.29) is 12.5 Å². The monoisotopic (exact) mass is 512 g/mol. The zero-order valence-electron chi connectivity index (χ0n) is 20.5. The number of para-hydroxylation sites is 1. The minimum Gasteiger partial charge on any atom is -0.497 e. The molecule has 3 aromatic carbocycles. The summed E-state index contributed by atoms with van der Waals surface area (Å²) >= 11 is 1.33. The summed E-state index contributed by atoms with van der Waals surface area (Å²) in [7, 11) is 3.16. The number of rotatable bonds is 7. The molecule has 0 atom stereocenters. The first kappa shape index (κ1) is 24.3. The Morgan fingerprint density at radius 2 is 1.68 bits per heavy atom. The van der Waals surface area contributed by atoms with Gasteiger partial charge in [0.25, 0.3) is 5.91 Å². The second-order valence-corrected chi connectivity index (χ2v) is 9.17. The standard InChI is InChI=1S/C29H24N2O5S/c1-4-36-29(33)26-20-10-6-8-12-25(20)37-28(26)31-27(32)21-16-23(30-22-11-7-5-9-18(21)22)19-14-13-17(34-2)15-24(19)35-3/h5-16H,4H2,1-3H3,(H,31,32). The molecule has 7 nitrogen and oxygen atoms in total. The van der Waals surface area contributed by atoms with Crippen LogP contribution in [0.2, 0.25) is 0 Å². The maximum Gasteiger partial charge on any atom is 0.341 e. The molecule has 0 spiro atoms. The Bertz CT molecular complexity index is 1640. The highest BCUT2D eigenvalue weighted by atomic mass is 32.1. The third-order valence-electron chi connectivity index (χ3n) is 5.95. The van der Waals surface area contributed by atoms with Gasteiger partial charge >= 0.3 is 5.97 Å². The zero-order chi connectivity index (χ0) is 25.9. The van der Waals surface area contributed by atoms with Crippen LogP contribution in [0.15, 0.2) is 72.8 Å². The van der Waals surface area contributed by atoms with Crippen molar-refractivity contribution in [2.24, 2.45) is 0 Å². The zero-order valence-corrected chi connectivity index (χ0v) is 21.3. The quantitative estimate of drug-likeness (QED) is 0.249. The molecular formula is C29H24N2O5S. The van der Waals surface area contributed by atoms with Gasteiger partial charge in [-0.1, -0.05) is 36.4 Å². The van der Waals surface area contributed by atoms with Crippen molar-refractivity contribution in [1.29, 1.82) is 0 Å². The van der Waals surface area contributed by atoms with Crippen molar-refractivity contribution >= 4 is 49.2 Å². The Kier molecular flexibility index (Phi) is 6.74. The van der Waals surface area contributed by atoms with E-state index in [1.54, 1.807) is 33.3 Å². The number of nitrogens with zero attached hydrogens (tertiary/aromatic N) is 1. The number of thiophene rings is 1. The number of carbonyl (C=O) groups excluding carboxylic acids is 2. The number of nitrogens with one attached hydrogen (secondary N) is 1. The van der Waals surface area contributed by atoms with E-state index in [1.807, 2.05) is 60.7 Å². The van der Waals surface area contributed by atoms with E-state index >= 15 is 0 Å². The van der Waals surface area contributed by atoms with E-state index in [1.165, 1.54) is 11.3 Å². The normalized spacial score (nSPS) is 10.9. The molecule has 1 amide bonds. The highest BCUT2D eigenvalue weighted by Gasteiger charge is 2.23. The third kappa shape index (κ3) is 4.59. The number of anilines is 1. The molecule has 0 radical (unpaired) electrons. The van der Waals surface area contributed by atoms with Gasteiger partial charge in [0.1, 0.15) is 22.1 Å². The Morgan fingerprint density at radius 1 is 0.919 bits per heavy atom. The molecular weight excluding hydrogens is 488 g/mol. The van der Waals surface area contributed by atoms with Gasteiger partial charge in [0.2, 0.25) is 0 Å². The van der Waals surface area contributed by atoms with E-state index in [2.05, 4.69) is 5.32 Å². The second-order valence-electron chi connectivity index (χ2n) is 8.12. The van der Waals surface area contributed by atoms with Crippen LogP contribution in [0.25, 0.3) is 32.2 Å². The van der Waals surface area contributed by atoms with E-state index in [0.717, 1.165) is 15.6 Å². The summed E-state index contributed by atoms with van der Waals surface area (Å²) in [6.45, 7) is 1.99. The molecule has 0 aliphatic carbocycles. The number of pyridine rings is 1. The fourth-order valence-corrected chi connectivity index (χ4v) is 5.31. The van der Waals surface area contributed by atoms with Crippen LogP contribution >= 0.6 is 11.3 Å². The molecule has 37 heavy (non-hydrogen) atoms. The smallest absolute Gasteiger partial charge is 0.341 e. The molecule has 0 fully saturated rings. The van der Waals surface area contributed by atoms with Gasteiger partial charge in [-0.2, -0.15) is 0 Å². The molecule has 0 bridgehead atoms. The van der Waals surface area contributed by atoms with Crippen LogP contribution in [0.4, 0.5) is 5.00 Å². The number of methoxy groups -OCH3 is 2. The molecule has 186 valence electrons. The van der Waals surface area contributed by atoms with Gasteiger partial charge in [0.15, 0.2) is 0 Å². The summed E-state index contributed by atoms with van der Waals surface area (Å²) in [4.78, 5) is 31.4. The Balaban J connectivity index is 1.62. The van der Waals surface area contributed by atoms with Crippen LogP contribution in [0.3, 0.4) is 0 Å². The minimum atomic E-state index is -0.474. The van der Waals surface area contributed by atoms with Crippen molar-refractivity contribution in [1.82, 2.24) is 4.98 Å². The summed E-state index contributed by atoms with van der Waals surface area (Å²) in [6, 6.07) is 22.1. The van der Waals surface area contributed by atoms with Gasteiger partial charge in [-0.25, -0.2) is 9.78 Å². The number of carbonyl (C=O) groups is 2. The molecule has 0 aliphatic heterocycles. The molecule has 1 N–H and O–H groups in total. The molecule has 0 saturated heterocycles. The number of fused-ring (bicyclic) bond motifs is 2. The van der Waals surface area contributed by atoms with Crippen molar-refractivity contribution in [3.63, 3.8) is 0 Å². The lowest BCUT2D eigenvalue weighted by Gasteiger charge is -2.13. The Labute approximate surface area is 217 Å². The van der Waals surface area contributed by atoms with E-state index in [0.29, 0.717) is 44.2 Å². The van der Waals surface area contributed by atoms with Crippen molar-refractivity contribution in [2.75, 3.05) is 26.1 Å². The lowest BCUT2D eigenvalue weighted by atomic mass is 10.0. The average Bonchev–Trinajstić information content (AvgIpc) is 3.29. The van der Waals surface area contributed by atoms with Crippen LogP contribution < -0.4 is 14.8 Å². The maximum atomic E-state index is 13.7. The summed E-state index contributed by atoms with van der Waals surface area (Å²) in [5.41, 5.74) is 2.73.